The van der Waals surface area contributed by atoms with Gasteiger partial charge in [-0.3, -0.25) is 4.79 Å². The van der Waals surface area contributed by atoms with Crippen LogP contribution in [0.1, 0.15) is 56.3 Å². The highest BCUT2D eigenvalue weighted by Gasteiger charge is 2.43. The summed E-state index contributed by atoms with van der Waals surface area (Å²) in [4.78, 5) is 24.6. The second-order valence-corrected chi connectivity index (χ2v) is 11.3. The number of carboxylic acids is 1. The molecule has 0 bridgehead atoms. The van der Waals surface area contributed by atoms with Gasteiger partial charge in [-0.1, -0.05) is 73.2 Å². The molecule has 2 aromatic rings. The van der Waals surface area contributed by atoms with Gasteiger partial charge in [-0.2, -0.15) is 0 Å². The fourth-order valence-electron chi connectivity index (χ4n) is 5.93. The van der Waals surface area contributed by atoms with Crippen LogP contribution in [0.5, 0.6) is 5.75 Å². The summed E-state index contributed by atoms with van der Waals surface area (Å²) in [6.45, 7) is 4.04. The van der Waals surface area contributed by atoms with Gasteiger partial charge in [0.1, 0.15) is 11.9 Å². The lowest BCUT2D eigenvalue weighted by molar-refractivity contribution is -0.163. The van der Waals surface area contributed by atoms with Crippen LogP contribution in [0.15, 0.2) is 78.4 Å². The molecule has 41 heavy (non-hydrogen) atoms. The number of hydrogen-bond donors (Lipinski definition) is 4. The molecule has 8 nitrogen and oxygen atoms in total. The number of hydrogen-bond acceptors (Lipinski definition) is 7. The molecule has 0 fully saturated rings. The van der Waals surface area contributed by atoms with Crippen molar-refractivity contribution in [2.45, 2.75) is 76.5 Å². The monoisotopic (exact) mass is 564 g/mol. The number of aliphatic hydroxyl groups excluding tert-OH is 3. The number of carbonyl (C=O) groups is 2. The predicted octanol–water partition coefficient (Wildman–Crippen LogP) is 4.52. The summed E-state index contributed by atoms with van der Waals surface area (Å²) in [5.74, 6) is -1.22. The lowest BCUT2D eigenvalue weighted by atomic mass is 9.66. The van der Waals surface area contributed by atoms with Gasteiger partial charge in [0.15, 0.2) is 0 Å². The number of rotatable bonds is 12. The Bertz CT molecular complexity index is 1220. The lowest BCUT2D eigenvalue weighted by Gasteiger charge is -2.43. The molecule has 0 saturated heterocycles. The zero-order valence-electron chi connectivity index (χ0n) is 23.5. The first-order chi connectivity index (χ1) is 19.6. The lowest BCUT2D eigenvalue weighted by Crippen LogP contribution is -2.43. The minimum Gasteiger partial charge on any atom is -0.481 e. The first-order valence-electron chi connectivity index (χ1n) is 14.3. The Kier molecular flexibility index (Phi) is 10.4. The molecule has 0 heterocycles. The number of carbonyl (C=O) groups excluding carboxylic acids is 1. The van der Waals surface area contributed by atoms with E-state index in [1.165, 1.54) is 0 Å². The topological polar surface area (TPSA) is 134 Å². The molecule has 1 unspecified atom stereocenters. The average molecular weight is 565 g/mol. The van der Waals surface area contributed by atoms with Crippen molar-refractivity contribution < 1.29 is 39.5 Å². The zero-order valence-corrected chi connectivity index (χ0v) is 23.5. The quantitative estimate of drug-likeness (QED) is 0.277. The van der Waals surface area contributed by atoms with E-state index in [-0.39, 0.29) is 30.6 Å². The largest absolute Gasteiger partial charge is 0.481 e. The Balaban J connectivity index is 1.52. The molecule has 0 aliphatic heterocycles. The van der Waals surface area contributed by atoms with Crippen LogP contribution in [0.2, 0.25) is 0 Å². The first kappa shape index (κ1) is 30.5. The second-order valence-electron chi connectivity index (χ2n) is 11.3. The number of esters is 1. The third-order valence-corrected chi connectivity index (χ3v) is 8.02. The van der Waals surface area contributed by atoms with E-state index >= 15 is 0 Å². The molecule has 8 atom stereocenters. The highest BCUT2D eigenvalue weighted by atomic mass is 16.6. The van der Waals surface area contributed by atoms with Crippen LogP contribution >= 0.6 is 0 Å². The normalized spacial score (nSPS) is 25.8. The van der Waals surface area contributed by atoms with E-state index in [1.807, 2.05) is 67.6 Å². The fraction of sp³-hybridized carbons (Fsp3) is 0.455. The summed E-state index contributed by atoms with van der Waals surface area (Å²) in [5, 5.41) is 40.0. The van der Waals surface area contributed by atoms with Gasteiger partial charge >= 0.3 is 11.9 Å². The molecule has 0 saturated carbocycles. The van der Waals surface area contributed by atoms with E-state index in [0.717, 1.165) is 11.1 Å². The minimum absolute atomic E-state index is 0.00370. The molecule has 0 aromatic heterocycles. The van der Waals surface area contributed by atoms with Gasteiger partial charge in [0, 0.05) is 17.9 Å². The molecule has 2 aromatic carbocycles. The Labute approximate surface area is 240 Å². The number of aliphatic carboxylic acids is 1. The van der Waals surface area contributed by atoms with E-state index in [2.05, 4.69) is 13.0 Å². The van der Waals surface area contributed by atoms with Crippen LogP contribution in [0, 0.1) is 24.7 Å². The van der Waals surface area contributed by atoms with E-state index in [9.17, 15) is 24.9 Å². The van der Waals surface area contributed by atoms with Crippen LogP contribution in [0.25, 0.3) is 0 Å². The standard InChI is InChI=1S/C33H40O8/c1-20-8-13-27(14-9-20)40-32(22-6-4-3-5-7-22)33(39)41-29-18-25(35)16-23-11-10-21(2)28(31(23)29)15-12-24(34)17-26(36)19-30(37)38/h3-11,13-14,16,21,24-26,28-29,31-32,34-36H,12,15,17-19H2,1-2H3,(H,37,38)/t21-,24+,25+,26+,28-,29-,31-,32?/m0/s1. The van der Waals surface area contributed by atoms with Crippen LogP contribution in [0.3, 0.4) is 0 Å². The number of benzene rings is 2. The van der Waals surface area contributed by atoms with Crippen LogP contribution in [-0.4, -0.2) is 56.8 Å². The number of aliphatic hydroxyl groups is 3. The molecular formula is C33H40O8. The highest BCUT2D eigenvalue weighted by molar-refractivity contribution is 5.77. The van der Waals surface area contributed by atoms with Crippen molar-refractivity contribution in [1.29, 1.82) is 0 Å². The summed E-state index contributed by atoms with van der Waals surface area (Å²) in [5.41, 5.74) is 2.61. The Hall–Kier alpha value is -3.46. The zero-order chi connectivity index (χ0) is 29.5. The summed E-state index contributed by atoms with van der Waals surface area (Å²) in [6.07, 6.45) is 2.18. The summed E-state index contributed by atoms with van der Waals surface area (Å²) in [7, 11) is 0. The first-order valence-corrected chi connectivity index (χ1v) is 14.3. The van der Waals surface area contributed by atoms with Gasteiger partial charge < -0.3 is 29.9 Å². The molecule has 220 valence electrons. The maximum Gasteiger partial charge on any atom is 0.352 e. The van der Waals surface area contributed by atoms with Gasteiger partial charge in [0.25, 0.3) is 0 Å². The minimum atomic E-state index is -1.12. The van der Waals surface area contributed by atoms with Crippen molar-refractivity contribution in [3.05, 3.63) is 89.5 Å². The third kappa shape index (κ3) is 8.28. The van der Waals surface area contributed by atoms with Crippen LogP contribution < -0.4 is 4.74 Å². The molecule has 0 radical (unpaired) electrons. The molecule has 4 rings (SSSR count). The SMILES string of the molecule is Cc1ccc(OC(C(=O)O[C@H]2C[C@H](O)C=C3C=C[C@H](C)[C@H](CC[C@@H](O)C[C@@H](O)CC(=O)O)[C@H]32)c2ccccc2)cc1. The third-order valence-electron chi connectivity index (χ3n) is 8.02. The van der Waals surface area contributed by atoms with E-state index < -0.39 is 48.9 Å². The highest BCUT2D eigenvalue weighted by Crippen LogP contribution is 2.44. The number of carboxylic acid groups (broad SMARTS) is 1. The van der Waals surface area contributed by atoms with Gasteiger partial charge in [-0.15, -0.1) is 0 Å². The Morgan fingerprint density at radius 1 is 1.02 bits per heavy atom. The van der Waals surface area contributed by atoms with Gasteiger partial charge in [0.2, 0.25) is 6.10 Å². The van der Waals surface area contributed by atoms with Crippen molar-refractivity contribution in [2.24, 2.45) is 17.8 Å². The number of fused-ring (bicyclic) bond motifs is 1. The number of allylic oxidation sites excluding steroid dienone is 2. The predicted molar refractivity (Wildman–Crippen MR) is 153 cm³/mol. The molecule has 0 spiro atoms. The number of aryl methyl sites for hydroxylation is 1. The summed E-state index contributed by atoms with van der Waals surface area (Å²) >= 11 is 0. The van der Waals surface area contributed by atoms with Gasteiger partial charge in [-0.25, -0.2) is 4.79 Å². The number of ether oxygens (including phenoxy) is 2. The van der Waals surface area contributed by atoms with Crippen molar-refractivity contribution in [3.63, 3.8) is 0 Å². The second kappa shape index (κ2) is 13.9. The fourth-order valence-corrected chi connectivity index (χ4v) is 5.93. The van der Waals surface area contributed by atoms with Gasteiger partial charge in [-0.05, 0) is 55.7 Å². The van der Waals surface area contributed by atoms with Crippen molar-refractivity contribution >= 4 is 11.9 Å². The van der Waals surface area contributed by atoms with E-state index in [1.54, 1.807) is 6.08 Å². The molecule has 0 amide bonds. The molecule has 2 aliphatic rings. The van der Waals surface area contributed by atoms with E-state index in [4.69, 9.17) is 14.6 Å². The van der Waals surface area contributed by atoms with Crippen LogP contribution in [-0.2, 0) is 14.3 Å². The maximum atomic E-state index is 13.7. The average Bonchev–Trinajstić information content (AvgIpc) is 2.92. The van der Waals surface area contributed by atoms with E-state index in [0.29, 0.717) is 24.2 Å². The molecule has 8 heteroatoms. The molecular weight excluding hydrogens is 524 g/mol. The van der Waals surface area contributed by atoms with Crippen molar-refractivity contribution in [3.8, 4) is 5.75 Å². The molecule has 2 aliphatic carbocycles. The maximum absolute atomic E-state index is 13.7. The summed E-state index contributed by atoms with van der Waals surface area (Å²) in [6, 6.07) is 16.6. The smallest absolute Gasteiger partial charge is 0.352 e. The van der Waals surface area contributed by atoms with Crippen LogP contribution in [0.4, 0.5) is 0 Å². The Morgan fingerprint density at radius 3 is 2.41 bits per heavy atom. The van der Waals surface area contributed by atoms with Crippen molar-refractivity contribution in [1.82, 2.24) is 0 Å². The van der Waals surface area contributed by atoms with Gasteiger partial charge in [0.05, 0.1) is 24.7 Å². The molecule has 4 N–H and O–H groups in total. The summed E-state index contributed by atoms with van der Waals surface area (Å²) < 4.78 is 12.3. The van der Waals surface area contributed by atoms with Crippen molar-refractivity contribution in [2.75, 3.05) is 0 Å². The Morgan fingerprint density at radius 2 is 1.73 bits per heavy atom.